The summed E-state index contributed by atoms with van der Waals surface area (Å²) in [5.41, 5.74) is 1.08. The van der Waals surface area contributed by atoms with Gasteiger partial charge in [0.05, 0.1) is 27.8 Å². The predicted octanol–water partition coefficient (Wildman–Crippen LogP) is 4.10. The normalized spacial score (nSPS) is 10.4. The van der Waals surface area contributed by atoms with Crippen molar-refractivity contribution in [3.05, 3.63) is 63.9 Å². The second-order valence-corrected chi connectivity index (χ2v) is 6.43. The molecule has 0 saturated carbocycles. The monoisotopic (exact) mass is 379 g/mol. The Morgan fingerprint density at radius 1 is 1.04 bits per heavy atom. The first kappa shape index (κ1) is 16.6. The lowest BCUT2D eigenvalue weighted by Crippen LogP contribution is -2.12. The van der Waals surface area contributed by atoms with E-state index in [2.05, 4.69) is 25.8 Å². The van der Waals surface area contributed by atoms with Gasteiger partial charge < -0.3 is 5.32 Å². The first-order chi connectivity index (χ1) is 11.6. The van der Waals surface area contributed by atoms with Crippen molar-refractivity contribution in [2.45, 2.75) is 6.54 Å². The lowest BCUT2D eigenvalue weighted by Gasteiger charge is -2.05. The molecule has 3 rings (SSSR count). The molecule has 2 aromatic heterocycles. The summed E-state index contributed by atoms with van der Waals surface area (Å²) in [6.07, 6.45) is 1.72. The molecular weight excluding hydrogens is 369 g/mol. The van der Waals surface area contributed by atoms with Crippen LogP contribution in [0.5, 0.6) is 0 Å². The molecule has 9 heteroatoms. The number of amides is 1. The second kappa shape index (κ2) is 7.57. The molecule has 0 bridgehead atoms. The van der Waals surface area contributed by atoms with E-state index in [1.807, 2.05) is 18.2 Å². The third kappa shape index (κ3) is 4.00. The highest BCUT2D eigenvalue weighted by Crippen LogP contribution is 2.26. The Morgan fingerprint density at radius 2 is 1.79 bits per heavy atom. The van der Waals surface area contributed by atoms with E-state index in [4.69, 9.17) is 23.2 Å². The average Bonchev–Trinajstić information content (AvgIpc) is 3.01. The van der Waals surface area contributed by atoms with E-state index in [1.54, 1.807) is 24.4 Å². The summed E-state index contributed by atoms with van der Waals surface area (Å²) in [6, 6.07) is 10.5. The Balaban J connectivity index is 1.64. The lowest BCUT2D eigenvalue weighted by molar-refractivity contribution is 0.102. The van der Waals surface area contributed by atoms with E-state index >= 15 is 0 Å². The fraction of sp³-hybridized carbons (Fsp3) is 0.0667. The number of aromatic nitrogens is 3. The van der Waals surface area contributed by atoms with E-state index in [9.17, 15) is 4.79 Å². The number of nitrogens with one attached hydrogen (secondary N) is 2. The van der Waals surface area contributed by atoms with Crippen LogP contribution in [0.3, 0.4) is 0 Å². The van der Waals surface area contributed by atoms with Crippen molar-refractivity contribution < 1.29 is 4.79 Å². The third-order valence-electron chi connectivity index (χ3n) is 2.98. The topological polar surface area (TPSA) is 79.8 Å². The molecule has 1 amide bonds. The molecule has 122 valence electrons. The number of nitrogens with zero attached hydrogens (tertiary/aromatic N) is 3. The Morgan fingerprint density at radius 3 is 2.50 bits per heavy atom. The minimum absolute atomic E-state index is 0.207. The Hall–Kier alpha value is -2.22. The second-order valence-electron chi connectivity index (χ2n) is 4.64. The molecule has 2 heterocycles. The summed E-state index contributed by atoms with van der Waals surface area (Å²) in [7, 11) is 0. The highest BCUT2D eigenvalue weighted by molar-refractivity contribution is 7.19. The number of halogens is 2. The van der Waals surface area contributed by atoms with Gasteiger partial charge in [-0.25, -0.2) is 0 Å². The van der Waals surface area contributed by atoms with Crippen LogP contribution >= 0.6 is 34.5 Å². The van der Waals surface area contributed by atoms with Crippen molar-refractivity contribution in [3.8, 4) is 0 Å². The smallest absolute Gasteiger partial charge is 0.260 e. The molecular formula is C15H11Cl2N5OS. The van der Waals surface area contributed by atoms with E-state index in [0.717, 1.165) is 5.69 Å². The van der Waals surface area contributed by atoms with Crippen molar-refractivity contribution in [1.29, 1.82) is 0 Å². The highest BCUT2D eigenvalue weighted by atomic mass is 35.5. The Bertz CT molecular complexity index is 836. The number of hydrogen-bond donors (Lipinski definition) is 2. The maximum Gasteiger partial charge on any atom is 0.260 e. The van der Waals surface area contributed by atoms with E-state index in [0.29, 0.717) is 16.8 Å². The third-order valence-corrected chi connectivity index (χ3v) is 4.41. The number of carbonyl (C=O) groups excluding carboxylic acids is 1. The minimum Gasteiger partial charge on any atom is -0.354 e. The van der Waals surface area contributed by atoms with Crippen molar-refractivity contribution >= 4 is 50.7 Å². The van der Waals surface area contributed by atoms with Gasteiger partial charge >= 0.3 is 0 Å². The zero-order chi connectivity index (χ0) is 16.9. The standard InChI is InChI=1S/C15H11Cl2N5OS/c16-10-5-3-6-11(17)12(10)13(23)20-15-22-21-14(24-15)19-8-9-4-1-2-7-18-9/h1-7H,8H2,(H,19,21)(H,20,22,23). The Kier molecular flexibility index (Phi) is 5.24. The van der Waals surface area contributed by atoms with Crippen LogP contribution in [0.1, 0.15) is 16.1 Å². The molecule has 0 saturated heterocycles. The maximum atomic E-state index is 12.3. The minimum atomic E-state index is -0.432. The van der Waals surface area contributed by atoms with Crippen molar-refractivity contribution in [3.63, 3.8) is 0 Å². The van der Waals surface area contributed by atoms with Gasteiger partial charge in [-0.1, -0.05) is 46.7 Å². The summed E-state index contributed by atoms with van der Waals surface area (Å²) >= 11 is 13.2. The number of rotatable bonds is 5. The molecule has 3 aromatic rings. The van der Waals surface area contributed by atoms with Crippen LogP contribution in [0.2, 0.25) is 10.0 Å². The largest absolute Gasteiger partial charge is 0.354 e. The highest BCUT2D eigenvalue weighted by Gasteiger charge is 2.16. The van der Waals surface area contributed by atoms with Gasteiger partial charge in [0.25, 0.3) is 5.91 Å². The van der Waals surface area contributed by atoms with Gasteiger partial charge in [0.1, 0.15) is 0 Å². The zero-order valence-corrected chi connectivity index (χ0v) is 14.5. The van der Waals surface area contributed by atoms with Crippen LogP contribution < -0.4 is 10.6 Å². The van der Waals surface area contributed by atoms with Crippen molar-refractivity contribution in [2.75, 3.05) is 10.6 Å². The summed E-state index contributed by atoms with van der Waals surface area (Å²) in [5.74, 6) is -0.432. The van der Waals surface area contributed by atoms with Gasteiger partial charge in [0.15, 0.2) is 0 Å². The number of pyridine rings is 1. The first-order valence-corrected chi connectivity index (χ1v) is 8.43. The molecule has 24 heavy (non-hydrogen) atoms. The maximum absolute atomic E-state index is 12.3. The van der Waals surface area contributed by atoms with Crippen LogP contribution in [-0.4, -0.2) is 21.1 Å². The van der Waals surface area contributed by atoms with Gasteiger partial charge in [-0.15, -0.1) is 10.2 Å². The van der Waals surface area contributed by atoms with Gasteiger partial charge in [-0.3, -0.25) is 15.1 Å². The van der Waals surface area contributed by atoms with Gasteiger partial charge in [-0.2, -0.15) is 0 Å². The van der Waals surface area contributed by atoms with E-state index < -0.39 is 5.91 Å². The number of anilines is 2. The molecule has 1 aromatic carbocycles. The van der Waals surface area contributed by atoms with Crippen LogP contribution in [0, 0.1) is 0 Å². The Labute approximate surface area is 151 Å². The molecule has 0 unspecified atom stereocenters. The van der Waals surface area contributed by atoms with Gasteiger partial charge in [0.2, 0.25) is 10.3 Å². The number of carbonyl (C=O) groups is 1. The van der Waals surface area contributed by atoms with Crippen molar-refractivity contribution in [1.82, 2.24) is 15.2 Å². The van der Waals surface area contributed by atoms with Gasteiger partial charge in [0, 0.05) is 6.20 Å². The van der Waals surface area contributed by atoms with E-state index in [-0.39, 0.29) is 15.6 Å². The molecule has 0 aliphatic rings. The molecule has 0 spiro atoms. The van der Waals surface area contributed by atoms with Gasteiger partial charge in [-0.05, 0) is 24.3 Å². The molecule has 0 atom stereocenters. The summed E-state index contributed by atoms with van der Waals surface area (Å²) in [4.78, 5) is 16.5. The van der Waals surface area contributed by atoms with Crippen LogP contribution in [0.25, 0.3) is 0 Å². The summed E-state index contributed by atoms with van der Waals surface area (Å²) in [5, 5.41) is 15.1. The first-order valence-electron chi connectivity index (χ1n) is 6.86. The van der Waals surface area contributed by atoms with Crippen LogP contribution in [0.4, 0.5) is 10.3 Å². The fourth-order valence-electron chi connectivity index (χ4n) is 1.89. The molecule has 2 N–H and O–H groups in total. The van der Waals surface area contributed by atoms with E-state index in [1.165, 1.54) is 11.3 Å². The fourth-order valence-corrected chi connectivity index (χ4v) is 3.09. The zero-order valence-electron chi connectivity index (χ0n) is 12.2. The predicted molar refractivity (Wildman–Crippen MR) is 95.9 cm³/mol. The summed E-state index contributed by atoms with van der Waals surface area (Å²) < 4.78 is 0. The molecule has 6 nitrogen and oxygen atoms in total. The lowest BCUT2D eigenvalue weighted by atomic mass is 10.2. The van der Waals surface area contributed by atoms with Crippen molar-refractivity contribution in [2.24, 2.45) is 0 Å². The average molecular weight is 380 g/mol. The molecule has 0 fully saturated rings. The quantitative estimate of drug-likeness (QED) is 0.697. The molecule has 0 aliphatic carbocycles. The molecule has 0 aliphatic heterocycles. The SMILES string of the molecule is O=C(Nc1nnc(NCc2ccccn2)s1)c1c(Cl)cccc1Cl. The number of benzene rings is 1. The summed E-state index contributed by atoms with van der Waals surface area (Å²) in [6.45, 7) is 0.514. The number of hydrogen-bond acceptors (Lipinski definition) is 6. The van der Waals surface area contributed by atoms with Crippen LogP contribution in [-0.2, 0) is 6.54 Å². The van der Waals surface area contributed by atoms with Crippen LogP contribution in [0.15, 0.2) is 42.6 Å². The molecule has 0 radical (unpaired) electrons.